The molecule has 0 radical (unpaired) electrons. The molecule has 0 aliphatic carbocycles. The molecule has 1 aromatic carbocycles. The van der Waals surface area contributed by atoms with Crippen LogP contribution in [-0.4, -0.2) is 28.8 Å². The molecule has 0 aliphatic heterocycles. The number of hydrogen-bond donors (Lipinski definition) is 2. The molecule has 0 heterocycles. The minimum Gasteiger partial charge on any atom is -0.480 e. The monoisotopic (exact) mass is 309 g/mol. The Morgan fingerprint density at radius 1 is 1.24 bits per heavy atom. The van der Waals surface area contributed by atoms with Gasteiger partial charge in [0.15, 0.2) is 0 Å². The lowest BCUT2D eigenvalue weighted by Gasteiger charge is -2.16. The summed E-state index contributed by atoms with van der Waals surface area (Å²) in [6, 6.07) is 6.48. The molecule has 4 nitrogen and oxygen atoms in total. The van der Waals surface area contributed by atoms with Crippen LogP contribution >= 0.6 is 11.8 Å². The van der Waals surface area contributed by atoms with Gasteiger partial charge in [-0.15, -0.1) is 0 Å². The molecule has 0 fully saturated rings. The number of aliphatic carboxylic acids is 1. The number of rotatable bonds is 8. The third kappa shape index (κ3) is 6.21. The van der Waals surface area contributed by atoms with Gasteiger partial charge in [0.05, 0.1) is 0 Å². The van der Waals surface area contributed by atoms with Crippen molar-refractivity contribution in [3.63, 3.8) is 0 Å². The lowest BCUT2D eigenvalue weighted by atomic mass is 10.0. The molecule has 1 amide bonds. The highest BCUT2D eigenvalue weighted by atomic mass is 32.2. The second kappa shape index (κ2) is 8.72. The fourth-order valence-corrected chi connectivity index (χ4v) is 2.54. The number of amides is 1. The van der Waals surface area contributed by atoms with Crippen molar-refractivity contribution in [1.29, 1.82) is 0 Å². The van der Waals surface area contributed by atoms with Gasteiger partial charge >= 0.3 is 5.97 Å². The zero-order valence-electron chi connectivity index (χ0n) is 12.8. The average molecular weight is 309 g/mol. The van der Waals surface area contributed by atoms with Gasteiger partial charge in [-0.25, -0.2) is 4.79 Å². The van der Waals surface area contributed by atoms with Gasteiger partial charge in [0.2, 0.25) is 0 Å². The Labute approximate surface area is 130 Å². The first-order chi connectivity index (χ1) is 9.93. The first-order valence-electron chi connectivity index (χ1n) is 7.14. The Morgan fingerprint density at radius 3 is 2.33 bits per heavy atom. The van der Waals surface area contributed by atoms with Crippen molar-refractivity contribution in [3.05, 3.63) is 35.4 Å². The Kier molecular flexibility index (Phi) is 7.29. The van der Waals surface area contributed by atoms with Crippen molar-refractivity contribution < 1.29 is 14.7 Å². The first-order valence-corrected chi connectivity index (χ1v) is 8.29. The van der Waals surface area contributed by atoms with E-state index in [0.717, 1.165) is 17.1 Å². The predicted octanol–water partition coefficient (Wildman–Crippen LogP) is 3.17. The Balaban J connectivity index is 2.67. The van der Waals surface area contributed by atoms with Gasteiger partial charge in [0.1, 0.15) is 6.04 Å². The van der Waals surface area contributed by atoms with Crippen molar-refractivity contribution in [2.24, 2.45) is 5.92 Å². The second-order valence-electron chi connectivity index (χ2n) is 5.33. The molecule has 0 aliphatic rings. The first kappa shape index (κ1) is 17.6. The van der Waals surface area contributed by atoms with Crippen molar-refractivity contribution in [2.75, 3.05) is 5.75 Å². The van der Waals surface area contributed by atoms with Crippen LogP contribution in [0.4, 0.5) is 0 Å². The Hall–Kier alpha value is -1.49. The van der Waals surface area contributed by atoms with E-state index in [1.165, 1.54) is 0 Å². The molecule has 116 valence electrons. The van der Waals surface area contributed by atoms with Crippen molar-refractivity contribution in [1.82, 2.24) is 5.32 Å². The molecule has 0 spiro atoms. The number of carboxylic acid groups (broad SMARTS) is 1. The predicted molar refractivity (Wildman–Crippen MR) is 86.6 cm³/mol. The number of nitrogens with one attached hydrogen (secondary N) is 1. The van der Waals surface area contributed by atoms with Gasteiger partial charge in [-0.05, 0) is 35.8 Å². The van der Waals surface area contributed by atoms with E-state index >= 15 is 0 Å². The highest BCUT2D eigenvalue weighted by molar-refractivity contribution is 7.98. The number of benzene rings is 1. The standard InChI is InChI=1S/C16H23NO3S/c1-4-21-10-12-5-7-13(8-6-12)15(18)17-14(16(19)20)9-11(2)3/h5-8,11,14H,4,9-10H2,1-3H3,(H,17,18)(H,19,20). The van der Waals surface area contributed by atoms with Crippen LogP contribution in [0.2, 0.25) is 0 Å². The lowest BCUT2D eigenvalue weighted by Crippen LogP contribution is -2.41. The molecule has 0 aromatic heterocycles. The van der Waals surface area contributed by atoms with Crippen LogP contribution in [0, 0.1) is 5.92 Å². The molecule has 0 saturated heterocycles. The highest BCUT2D eigenvalue weighted by Crippen LogP contribution is 2.13. The summed E-state index contributed by atoms with van der Waals surface area (Å²) in [5, 5.41) is 11.7. The summed E-state index contributed by atoms with van der Waals surface area (Å²) in [6.07, 6.45) is 0.423. The van der Waals surface area contributed by atoms with E-state index in [4.69, 9.17) is 5.11 Å². The van der Waals surface area contributed by atoms with E-state index in [2.05, 4.69) is 12.2 Å². The third-order valence-corrected chi connectivity index (χ3v) is 3.95. The van der Waals surface area contributed by atoms with Crippen LogP contribution in [-0.2, 0) is 10.5 Å². The molecular formula is C16H23NO3S. The van der Waals surface area contributed by atoms with E-state index in [0.29, 0.717) is 12.0 Å². The van der Waals surface area contributed by atoms with Gasteiger partial charge < -0.3 is 10.4 Å². The maximum Gasteiger partial charge on any atom is 0.326 e. The molecule has 2 N–H and O–H groups in total. The zero-order valence-corrected chi connectivity index (χ0v) is 13.6. The van der Waals surface area contributed by atoms with Crippen LogP contribution in [0.15, 0.2) is 24.3 Å². The smallest absolute Gasteiger partial charge is 0.326 e. The van der Waals surface area contributed by atoms with Crippen LogP contribution in [0.1, 0.15) is 43.1 Å². The summed E-state index contributed by atoms with van der Waals surface area (Å²) < 4.78 is 0. The SMILES string of the molecule is CCSCc1ccc(C(=O)NC(CC(C)C)C(=O)O)cc1. The number of carbonyl (C=O) groups excluding carboxylic acids is 1. The highest BCUT2D eigenvalue weighted by Gasteiger charge is 2.21. The van der Waals surface area contributed by atoms with Crippen molar-refractivity contribution in [2.45, 2.75) is 39.0 Å². The molecule has 0 bridgehead atoms. The van der Waals surface area contributed by atoms with Gasteiger partial charge in [-0.1, -0.05) is 32.9 Å². The lowest BCUT2D eigenvalue weighted by molar-refractivity contribution is -0.139. The number of thioether (sulfide) groups is 1. The maximum absolute atomic E-state index is 12.1. The minimum atomic E-state index is -0.993. The van der Waals surface area contributed by atoms with Gasteiger partial charge in [-0.2, -0.15) is 11.8 Å². The molecule has 1 unspecified atom stereocenters. The summed E-state index contributed by atoms with van der Waals surface area (Å²) in [5.41, 5.74) is 1.66. The van der Waals surface area contributed by atoms with Crippen LogP contribution in [0.5, 0.6) is 0 Å². The number of carbonyl (C=O) groups is 2. The normalized spacial score (nSPS) is 12.2. The molecule has 1 aromatic rings. The van der Waals surface area contributed by atoms with E-state index in [1.807, 2.05) is 37.7 Å². The third-order valence-electron chi connectivity index (χ3n) is 3.00. The van der Waals surface area contributed by atoms with Gasteiger partial charge in [-0.3, -0.25) is 4.79 Å². The molecule has 21 heavy (non-hydrogen) atoms. The Morgan fingerprint density at radius 2 is 1.86 bits per heavy atom. The van der Waals surface area contributed by atoms with Crippen molar-refractivity contribution >= 4 is 23.6 Å². The summed E-state index contributed by atoms with van der Waals surface area (Å²) >= 11 is 1.82. The summed E-state index contributed by atoms with van der Waals surface area (Å²) in [6.45, 7) is 5.97. The summed E-state index contributed by atoms with van der Waals surface area (Å²) in [7, 11) is 0. The fraction of sp³-hybridized carbons (Fsp3) is 0.500. The number of hydrogen-bond acceptors (Lipinski definition) is 3. The average Bonchev–Trinajstić information content (AvgIpc) is 2.44. The van der Waals surface area contributed by atoms with E-state index in [-0.39, 0.29) is 11.8 Å². The largest absolute Gasteiger partial charge is 0.480 e. The van der Waals surface area contributed by atoms with Crippen molar-refractivity contribution in [3.8, 4) is 0 Å². The summed E-state index contributed by atoms with van der Waals surface area (Å²) in [5.74, 6) is 0.854. The van der Waals surface area contributed by atoms with Crippen LogP contribution < -0.4 is 5.32 Å². The molecular weight excluding hydrogens is 286 g/mol. The van der Waals surface area contributed by atoms with Gasteiger partial charge in [0, 0.05) is 11.3 Å². The second-order valence-corrected chi connectivity index (χ2v) is 6.60. The summed E-state index contributed by atoms with van der Waals surface area (Å²) in [4.78, 5) is 23.2. The van der Waals surface area contributed by atoms with Gasteiger partial charge in [0.25, 0.3) is 5.91 Å². The molecule has 1 rings (SSSR count). The van der Waals surface area contributed by atoms with Crippen LogP contribution in [0.25, 0.3) is 0 Å². The minimum absolute atomic E-state index is 0.208. The maximum atomic E-state index is 12.1. The quantitative estimate of drug-likeness (QED) is 0.774. The molecule has 1 atom stereocenters. The zero-order chi connectivity index (χ0) is 15.8. The Bertz CT molecular complexity index is 471. The fourth-order valence-electron chi connectivity index (χ4n) is 1.91. The topological polar surface area (TPSA) is 66.4 Å². The van der Waals surface area contributed by atoms with Crippen LogP contribution in [0.3, 0.4) is 0 Å². The van der Waals surface area contributed by atoms with E-state index in [9.17, 15) is 9.59 Å². The van der Waals surface area contributed by atoms with E-state index < -0.39 is 12.0 Å². The molecule has 5 heteroatoms. The van der Waals surface area contributed by atoms with E-state index in [1.54, 1.807) is 12.1 Å². The molecule has 0 saturated carbocycles. The number of carboxylic acids is 1.